The highest BCUT2D eigenvalue weighted by Gasteiger charge is 1.99. The lowest BCUT2D eigenvalue weighted by Gasteiger charge is -1.81. The zero-order valence-corrected chi connectivity index (χ0v) is 7.40. The minimum Gasteiger partial charge on any atom is -0.146 e. The predicted molar refractivity (Wildman–Crippen MR) is 41.8 cm³/mol. The van der Waals surface area contributed by atoms with Crippen molar-refractivity contribution in [3.63, 3.8) is 0 Å². The number of hydrogen-bond acceptors (Lipinski definition) is 1. The van der Waals surface area contributed by atoms with Crippen molar-refractivity contribution in [3.05, 3.63) is 19.8 Å². The highest BCUT2D eigenvalue weighted by atomic mass is 79.9. The molecule has 1 aromatic heterocycles. The number of hydrogen-bond donors (Lipinski definition) is 0. The summed E-state index contributed by atoms with van der Waals surface area (Å²) in [7, 11) is 0. The van der Waals surface area contributed by atoms with Crippen LogP contribution < -0.4 is 0 Å². The molecule has 0 aliphatic rings. The standard InChI is InChI=1S/C5H4BrClS/c1-3-5(6)4(7)2-8-3/h2H,1H3. The zero-order valence-electron chi connectivity index (χ0n) is 4.24. The van der Waals surface area contributed by atoms with Crippen LogP contribution >= 0.6 is 38.9 Å². The van der Waals surface area contributed by atoms with Crippen LogP contribution in [0.2, 0.25) is 5.02 Å². The van der Waals surface area contributed by atoms with Gasteiger partial charge in [0.05, 0.1) is 5.02 Å². The summed E-state index contributed by atoms with van der Waals surface area (Å²) in [5.74, 6) is 0. The molecule has 44 valence electrons. The molecule has 0 fully saturated rings. The number of halogens is 2. The van der Waals surface area contributed by atoms with Gasteiger partial charge in [0.1, 0.15) is 0 Å². The maximum atomic E-state index is 5.69. The molecule has 0 radical (unpaired) electrons. The first-order valence-corrected chi connectivity index (χ1v) is 4.16. The second kappa shape index (κ2) is 2.38. The Morgan fingerprint density at radius 3 is 2.50 bits per heavy atom. The van der Waals surface area contributed by atoms with Crippen LogP contribution in [0.4, 0.5) is 0 Å². The molecule has 0 N–H and O–H groups in total. The Morgan fingerprint density at radius 1 is 1.75 bits per heavy atom. The Labute approximate surface area is 65.6 Å². The van der Waals surface area contributed by atoms with Gasteiger partial charge in [-0.3, -0.25) is 0 Å². The van der Waals surface area contributed by atoms with Crippen molar-refractivity contribution in [3.8, 4) is 0 Å². The molecule has 1 aromatic rings. The van der Waals surface area contributed by atoms with Gasteiger partial charge < -0.3 is 0 Å². The van der Waals surface area contributed by atoms with Crippen molar-refractivity contribution in [2.45, 2.75) is 6.92 Å². The van der Waals surface area contributed by atoms with Crippen molar-refractivity contribution >= 4 is 38.9 Å². The lowest BCUT2D eigenvalue weighted by molar-refractivity contribution is 1.59. The molecule has 8 heavy (non-hydrogen) atoms. The van der Waals surface area contributed by atoms with E-state index < -0.39 is 0 Å². The molecule has 0 aromatic carbocycles. The molecule has 0 saturated carbocycles. The summed E-state index contributed by atoms with van der Waals surface area (Å²) < 4.78 is 1.03. The largest absolute Gasteiger partial charge is 0.146 e. The van der Waals surface area contributed by atoms with Crippen molar-refractivity contribution in [2.75, 3.05) is 0 Å². The minimum absolute atomic E-state index is 0.813. The molecule has 0 aliphatic carbocycles. The maximum Gasteiger partial charge on any atom is 0.0657 e. The molecule has 0 amide bonds. The van der Waals surface area contributed by atoms with E-state index >= 15 is 0 Å². The average Bonchev–Trinajstić information content (AvgIpc) is 1.98. The fourth-order valence-electron chi connectivity index (χ4n) is 0.412. The van der Waals surface area contributed by atoms with Gasteiger partial charge in [0.25, 0.3) is 0 Å². The van der Waals surface area contributed by atoms with Crippen LogP contribution in [-0.2, 0) is 0 Å². The monoisotopic (exact) mass is 210 g/mol. The summed E-state index contributed by atoms with van der Waals surface area (Å²) in [6, 6.07) is 0. The summed E-state index contributed by atoms with van der Waals surface area (Å²) in [4.78, 5) is 1.23. The Balaban J connectivity index is 3.19. The minimum atomic E-state index is 0.813. The molecule has 3 heteroatoms. The van der Waals surface area contributed by atoms with Crippen LogP contribution in [0.1, 0.15) is 4.88 Å². The number of aryl methyl sites for hydroxylation is 1. The first kappa shape index (κ1) is 6.59. The van der Waals surface area contributed by atoms with E-state index in [4.69, 9.17) is 11.6 Å². The second-order valence-electron chi connectivity index (χ2n) is 1.45. The van der Waals surface area contributed by atoms with Gasteiger partial charge in [-0.2, -0.15) is 0 Å². The SMILES string of the molecule is Cc1scc(Cl)c1Br. The number of rotatable bonds is 0. The van der Waals surface area contributed by atoms with Crippen LogP contribution in [0, 0.1) is 6.92 Å². The zero-order chi connectivity index (χ0) is 6.15. The van der Waals surface area contributed by atoms with E-state index in [-0.39, 0.29) is 0 Å². The van der Waals surface area contributed by atoms with Crippen LogP contribution in [0.3, 0.4) is 0 Å². The van der Waals surface area contributed by atoms with Crippen LogP contribution in [0.5, 0.6) is 0 Å². The lowest BCUT2D eigenvalue weighted by atomic mass is 10.5. The smallest absolute Gasteiger partial charge is 0.0657 e. The van der Waals surface area contributed by atoms with E-state index in [1.807, 2.05) is 12.3 Å². The summed E-state index contributed by atoms with van der Waals surface area (Å²) >= 11 is 10.7. The highest BCUT2D eigenvalue weighted by Crippen LogP contribution is 2.30. The van der Waals surface area contributed by atoms with Crippen LogP contribution in [0.15, 0.2) is 9.85 Å². The molecular weight excluding hydrogens is 207 g/mol. The fraction of sp³-hybridized carbons (Fsp3) is 0.200. The van der Waals surface area contributed by atoms with E-state index in [0.717, 1.165) is 9.50 Å². The van der Waals surface area contributed by atoms with Gasteiger partial charge in [-0.25, -0.2) is 0 Å². The van der Waals surface area contributed by atoms with Crippen molar-refractivity contribution < 1.29 is 0 Å². The lowest BCUT2D eigenvalue weighted by Crippen LogP contribution is -1.57. The first-order valence-electron chi connectivity index (χ1n) is 2.11. The van der Waals surface area contributed by atoms with E-state index in [9.17, 15) is 0 Å². The van der Waals surface area contributed by atoms with Gasteiger partial charge in [0, 0.05) is 14.7 Å². The van der Waals surface area contributed by atoms with Gasteiger partial charge in [-0.1, -0.05) is 11.6 Å². The van der Waals surface area contributed by atoms with Crippen molar-refractivity contribution in [1.82, 2.24) is 0 Å². The van der Waals surface area contributed by atoms with Gasteiger partial charge in [0.2, 0.25) is 0 Å². The topological polar surface area (TPSA) is 0 Å². The number of thiophene rings is 1. The maximum absolute atomic E-state index is 5.69. The van der Waals surface area contributed by atoms with Gasteiger partial charge in [-0.05, 0) is 22.9 Å². The van der Waals surface area contributed by atoms with Crippen LogP contribution in [-0.4, -0.2) is 0 Å². The Bertz CT molecular complexity index is 175. The predicted octanol–water partition coefficient (Wildman–Crippen LogP) is 3.47. The molecular formula is C5H4BrClS. The Hall–Kier alpha value is 0.470. The summed E-state index contributed by atoms with van der Waals surface area (Å²) in [6.07, 6.45) is 0. The molecule has 0 unspecified atom stereocenters. The summed E-state index contributed by atoms with van der Waals surface area (Å²) in [5, 5.41) is 2.73. The Kier molecular flexibility index (Phi) is 1.96. The molecule has 0 spiro atoms. The van der Waals surface area contributed by atoms with E-state index in [1.54, 1.807) is 11.3 Å². The average molecular weight is 212 g/mol. The molecule has 0 saturated heterocycles. The summed E-state index contributed by atoms with van der Waals surface area (Å²) in [6.45, 7) is 2.03. The highest BCUT2D eigenvalue weighted by molar-refractivity contribution is 9.10. The van der Waals surface area contributed by atoms with Gasteiger partial charge in [0.15, 0.2) is 0 Å². The second-order valence-corrected chi connectivity index (χ2v) is 3.74. The van der Waals surface area contributed by atoms with Crippen molar-refractivity contribution in [1.29, 1.82) is 0 Å². The Morgan fingerprint density at radius 2 is 2.38 bits per heavy atom. The summed E-state index contributed by atoms with van der Waals surface area (Å²) in [5.41, 5.74) is 0. The third kappa shape index (κ3) is 1.07. The van der Waals surface area contributed by atoms with E-state index in [0.29, 0.717) is 0 Å². The van der Waals surface area contributed by atoms with Gasteiger partial charge in [-0.15, -0.1) is 11.3 Å². The molecule has 0 nitrogen and oxygen atoms in total. The first-order chi connectivity index (χ1) is 3.72. The third-order valence-corrected chi connectivity index (χ3v) is 3.71. The van der Waals surface area contributed by atoms with E-state index in [1.165, 1.54) is 4.88 Å². The molecule has 0 atom stereocenters. The molecule has 0 bridgehead atoms. The van der Waals surface area contributed by atoms with Gasteiger partial charge >= 0.3 is 0 Å². The van der Waals surface area contributed by atoms with Crippen LogP contribution in [0.25, 0.3) is 0 Å². The molecule has 1 rings (SSSR count). The molecule has 1 heterocycles. The molecule has 0 aliphatic heterocycles. The quantitative estimate of drug-likeness (QED) is 0.616. The normalized spacial score (nSPS) is 9.88. The van der Waals surface area contributed by atoms with Crippen molar-refractivity contribution in [2.24, 2.45) is 0 Å². The third-order valence-electron chi connectivity index (χ3n) is 0.858. The fourth-order valence-corrected chi connectivity index (χ4v) is 1.90. The van der Waals surface area contributed by atoms with E-state index in [2.05, 4.69) is 15.9 Å².